The molecule has 2 fully saturated rings. The molecule has 2 aliphatic rings. The summed E-state index contributed by atoms with van der Waals surface area (Å²) in [6.45, 7) is 4.05. The second kappa shape index (κ2) is 3.07. The molecule has 0 amide bonds. The van der Waals surface area contributed by atoms with Crippen molar-refractivity contribution in [3.8, 4) is 0 Å². The zero-order valence-corrected chi connectivity index (χ0v) is 8.21. The van der Waals surface area contributed by atoms with E-state index >= 15 is 0 Å². The minimum absolute atomic E-state index is 0.160. The highest BCUT2D eigenvalue weighted by Crippen LogP contribution is 2.39. The van der Waals surface area contributed by atoms with Crippen LogP contribution in [0, 0.1) is 0 Å². The summed E-state index contributed by atoms with van der Waals surface area (Å²) in [6.07, 6.45) is 3.02. The van der Waals surface area contributed by atoms with Crippen LogP contribution in [0.2, 0.25) is 0 Å². The minimum Gasteiger partial charge on any atom is -0.344 e. The molecular formula is C10H16O3. The van der Waals surface area contributed by atoms with Crippen molar-refractivity contribution in [2.45, 2.75) is 57.5 Å². The third-order valence-electron chi connectivity index (χ3n) is 3.03. The van der Waals surface area contributed by atoms with Crippen molar-refractivity contribution < 1.29 is 14.3 Å². The van der Waals surface area contributed by atoms with Gasteiger partial charge in [0.05, 0.1) is 12.2 Å². The van der Waals surface area contributed by atoms with Gasteiger partial charge in [-0.2, -0.15) is 0 Å². The Morgan fingerprint density at radius 2 is 1.62 bits per heavy atom. The van der Waals surface area contributed by atoms with Gasteiger partial charge in [0.1, 0.15) is 5.78 Å². The van der Waals surface area contributed by atoms with Gasteiger partial charge in [-0.3, -0.25) is 4.79 Å². The Labute approximate surface area is 78.4 Å². The number of carbonyl (C=O) groups excluding carboxylic acids is 1. The Balaban J connectivity index is 2.03. The normalized spacial score (nSPS) is 38.5. The molecule has 2 atom stereocenters. The number of carbonyl (C=O) groups is 1. The summed E-state index contributed by atoms with van der Waals surface area (Å²) in [7, 11) is 0. The molecule has 0 bridgehead atoms. The van der Waals surface area contributed by atoms with Crippen molar-refractivity contribution in [1.29, 1.82) is 0 Å². The zero-order valence-electron chi connectivity index (χ0n) is 8.21. The summed E-state index contributed by atoms with van der Waals surface area (Å²) in [5, 5.41) is 0. The Morgan fingerprint density at radius 1 is 1.15 bits per heavy atom. The molecule has 0 aromatic carbocycles. The second-order valence-electron chi connectivity index (χ2n) is 4.10. The summed E-state index contributed by atoms with van der Waals surface area (Å²) in [6, 6.07) is 0. The fourth-order valence-corrected chi connectivity index (χ4v) is 2.04. The van der Waals surface area contributed by atoms with Crippen LogP contribution in [0.15, 0.2) is 0 Å². The number of hydrogen-bond acceptors (Lipinski definition) is 3. The lowest BCUT2D eigenvalue weighted by atomic mass is 9.93. The first-order valence-corrected chi connectivity index (χ1v) is 4.99. The average Bonchev–Trinajstić information content (AvgIpc) is 2.36. The lowest BCUT2D eigenvalue weighted by molar-refractivity contribution is -0.192. The van der Waals surface area contributed by atoms with E-state index in [0.29, 0.717) is 18.6 Å². The van der Waals surface area contributed by atoms with E-state index in [9.17, 15) is 4.79 Å². The van der Waals surface area contributed by atoms with Crippen LogP contribution in [0.4, 0.5) is 0 Å². The molecule has 2 rings (SSSR count). The summed E-state index contributed by atoms with van der Waals surface area (Å²) >= 11 is 0. The largest absolute Gasteiger partial charge is 0.344 e. The summed E-state index contributed by atoms with van der Waals surface area (Å²) in [5.74, 6) is -0.0859. The van der Waals surface area contributed by atoms with Gasteiger partial charge >= 0.3 is 0 Å². The van der Waals surface area contributed by atoms with E-state index in [-0.39, 0.29) is 12.2 Å². The van der Waals surface area contributed by atoms with Gasteiger partial charge in [0.2, 0.25) is 0 Å². The Kier molecular flexibility index (Phi) is 2.16. The minimum atomic E-state index is -0.424. The Morgan fingerprint density at radius 3 is 2.08 bits per heavy atom. The number of ether oxygens (including phenoxy) is 2. The molecule has 1 spiro atoms. The second-order valence-corrected chi connectivity index (χ2v) is 4.10. The van der Waals surface area contributed by atoms with Crippen LogP contribution in [0.5, 0.6) is 0 Å². The van der Waals surface area contributed by atoms with Gasteiger partial charge in [0.15, 0.2) is 5.79 Å². The van der Waals surface area contributed by atoms with Gasteiger partial charge < -0.3 is 9.47 Å². The van der Waals surface area contributed by atoms with Crippen LogP contribution < -0.4 is 0 Å². The molecular weight excluding hydrogens is 168 g/mol. The maximum absolute atomic E-state index is 11.1. The summed E-state index contributed by atoms with van der Waals surface area (Å²) in [4.78, 5) is 11.1. The highest BCUT2D eigenvalue weighted by molar-refractivity contribution is 5.79. The summed E-state index contributed by atoms with van der Waals surface area (Å²) < 4.78 is 11.6. The lowest BCUT2D eigenvalue weighted by Crippen LogP contribution is -2.36. The van der Waals surface area contributed by atoms with E-state index in [2.05, 4.69) is 0 Å². The Hall–Kier alpha value is -0.410. The zero-order chi connectivity index (χ0) is 9.47. The third-order valence-corrected chi connectivity index (χ3v) is 3.03. The molecule has 3 nitrogen and oxygen atoms in total. The van der Waals surface area contributed by atoms with Crippen molar-refractivity contribution >= 4 is 5.78 Å². The first kappa shape index (κ1) is 9.16. The van der Waals surface area contributed by atoms with E-state index < -0.39 is 5.79 Å². The topological polar surface area (TPSA) is 35.5 Å². The van der Waals surface area contributed by atoms with Crippen LogP contribution in [-0.2, 0) is 14.3 Å². The highest BCUT2D eigenvalue weighted by atomic mass is 16.8. The quantitative estimate of drug-likeness (QED) is 0.574. The van der Waals surface area contributed by atoms with Crippen molar-refractivity contribution in [3.63, 3.8) is 0 Å². The standard InChI is InChI=1S/C10H16O3/c1-7-8(2)13-10(12-7)5-3-9(11)4-6-10/h7-8H,3-6H2,1-2H3/t7-,8+. The molecule has 0 aromatic rings. The van der Waals surface area contributed by atoms with E-state index in [4.69, 9.17) is 9.47 Å². The van der Waals surface area contributed by atoms with Crippen molar-refractivity contribution in [2.75, 3.05) is 0 Å². The van der Waals surface area contributed by atoms with Crippen LogP contribution in [0.25, 0.3) is 0 Å². The fourth-order valence-electron chi connectivity index (χ4n) is 2.04. The predicted molar refractivity (Wildman–Crippen MR) is 47.3 cm³/mol. The number of rotatable bonds is 0. The molecule has 13 heavy (non-hydrogen) atoms. The van der Waals surface area contributed by atoms with Crippen molar-refractivity contribution in [2.24, 2.45) is 0 Å². The predicted octanol–water partition coefficient (Wildman–Crippen LogP) is 1.65. The van der Waals surface area contributed by atoms with Crippen LogP contribution >= 0.6 is 0 Å². The number of ketones is 1. The molecule has 0 aromatic heterocycles. The SMILES string of the molecule is C[C@@H]1OC2(CCC(=O)CC2)O[C@@H]1C. The van der Waals surface area contributed by atoms with Gasteiger partial charge in [-0.1, -0.05) is 0 Å². The molecule has 0 N–H and O–H groups in total. The van der Waals surface area contributed by atoms with Crippen molar-refractivity contribution in [1.82, 2.24) is 0 Å². The molecule has 1 heterocycles. The van der Waals surface area contributed by atoms with Gasteiger partial charge in [-0.15, -0.1) is 0 Å². The lowest BCUT2D eigenvalue weighted by Gasteiger charge is -2.31. The van der Waals surface area contributed by atoms with E-state index in [1.165, 1.54) is 0 Å². The van der Waals surface area contributed by atoms with Gasteiger partial charge in [0, 0.05) is 25.7 Å². The molecule has 1 aliphatic heterocycles. The molecule has 3 heteroatoms. The van der Waals surface area contributed by atoms with Gasteiger partial charge in [-0.05, 0) is 13.8 Å². The van der Waals surface area contributed by atoms with Crippen LogP contribution in [0.1, 0.15) is 39.5 Å². The molecule has 74 valence electrons. The highest BCUT2D eigenvalue weighted by Gasteiger charge is 2.45. The van der Waals surface area contributed by atoms with Gasteiger partial charge in [0.25, 0.3) is 0 Å². The number of Topliss-reactive ketones (excluding diaryl/α,β-unsaturated/α-hetero) is 1. The molecule has 1 saturated carbocycles. The Bertz CT molecular complexity index is 202. The summed E-state index contributed by atoms with van der Waals surface area (Å²) in [5.41, 5.74) is 0. The van der Waals surface area contributed by atoms with E-state index in [0.717, 1.165) is 12.8 Å². The molecule has 1 saturated heterocycles. The first-order valence-electron chi connectivity index (χ1n) is 4.99. The van der Waals surface area contributed by atoms with Crippen LogP contribution in [0.3, 0.4) is 0 Å². The first-order chi connectivity index (χ1) is 6.11. The maximum atomic E-state index is 11.1. The maximum Gasteiger partial charge on any atom is 0.170 e. The molecule has 0 radical (unpaired) electrons. The average molecular weight is 184 g/mol. The fraction of sp³-hybridized carbons (Fsp3) is 0.900. The monoisotopic (exact) mass is 184 g/mol. The van der Waals surface area contributed by atoms with E-state index in [1.54, 1.807) is 0 Å². The van der Waals surface area contributed by atoms with Crippen LogP contribution in [-0.4, -0.2) is 23.8 Å². The number of hydrogen-bond donors (Lipinski definition) is 0. The van der Waals surface area contributed by atoms with Gasteiger partial charge in [-0.25, -0.2) is 0 Å². The molecule has 1 aliphatic carbocycles. The molecule has 0 unspecified atom stereocenters. The third kappa shape index (κ3) is 1.63. The van der Waals surface area contributed by atoms with E-state index in [1.807, 2.05) is 13.8 Å². The van der Waals surface area contributed by atoms with Crippen molar-refractivity contribution in [3.05, 3.63) is 0 Å². The smallest absolute Gasteiger partial charge is 0.170 e.